The first-order valence-corrected chi connectivity index (χ1v) is 6.24. The lowest BCUT2D eigenvalue weighted by atomic mass is 9.63. The maximum absolute atomic E-state index is 6.08. The van der Waals surface area contributed by atoms with Gasteiger partial charge in [0, 0.05) is 11.6 Å². The topological polar surface area (TPSA) is 24.4 Å². The largest absolute Gasteiger partial charge is 0.371 e. The van der Waals surface area contributed by atoms with Crippen LogP contribution in [0.2, 0.25) is 5.02 Å². The molecule has 2 aliphatic rings. The predicted octanol–water partition coefficient (Wildman–Crippen LogP) is 2.76. The van der Waals surface area contributed by atoms with Crippen LogP contribution >= 0.6 is 11.6 Å². The van der Waals surface area contributed by atoms with Gasteiger partial charge < -0.3 is 5.32 Å². The molecule has 0 amide bonds. The van der Waals surface area contributed by atoms with Gasteiger partial charge in [-0.1, -0.05) is 30.2 Å². The number of nitrogens with zero attached hydrogens (tertiary/aromatic N) is 1. The van der Waals surface area contributed by atoms with Crippen LogP contribution in [0.4, 0.5) is 0 Å². The molecule has 0 atom stereocenters. The molecule has 84 valence electrons. The van der Waals surface area contributed by atoms with Gasteiger partial charge in [0.1, 0.15) is 5.84 Å². The molecule has 1 N–H and O–H groups in total. The summed E-state index contributed by atoms with van der Waals surface area (Å²) in [4.78, 5) is 4.60. The maximum Gasteiger partial charge on any atom is 0.107 e. The second kappa shape index (κ2) is 3.77. The van der Waals surface area contributed by atoms with Gasteiger partial charge in [-0.3, -0.25) is 4.99 Å². The van der Waals surface area contributed by atoms with E-state index in [1.807, 2.05) is 12.1 Å². The van der Waals surface area contributed by atoms with Crippen molar-refractivity contribution in [2.45, 2.75) is 24.7 Å². The standard InChI is InChI=1S/C13H15ClN2/c14-11-4-1-3-10(9-11)13(5-2-6-13)12-15-7-8-16-12/h1,3-4,9H,2,5-8H2,(H,15,16). The number of benzene rings is 1. The SMILES string of the molecule is Clc1cccc(C2(C3=NCCN3)CCC2)c1. The summed E-state index contributed by atoms with van der Waals surface area (Å²) in [5.74, 6) is 1.18. The Balaban J connectivity index is 2.01. The van der Waals surface area contributed by atoms with Gasteiger partial charge in [0.25, 0.3) is 0 Å². The van der Waals surface area contributed by atoms with Gasteiger partial charge in [0.15, 0.2) is 0 Å². The van der Waals surface area contributed by atoms with Gasteiger partial charge in [0.2, 0.25) is 0 Å². The van der Waals surface area contributed by atoms with Crippen LogP contribution in [0.5, 0.6) is 0 Å². The van der Waals surface area contributed by atoms with Crippen molar-refractivity contribution in [1.29, 1.82) is 0 Å². The molecule has 0 aromatic heterocycles. The molecular weight excluding hydrogens is 220 g/mol. The Kier molecular flexibility index (Phi) is 2.40. The van der Waals surface area contributed by atoms with Gasteiger partial charge in [0.05, 0.1) is 12.0 Å². The van der Waals surface area contributed by atoms with Crippen molar-refractivity contribution in [2.75, 3.05) is 13.1 Å². The van der Waals surface area contributed by atoms with Crippen LogP contribution in [-0.2, 0) is 5.41 Å². The van der Waals surface area contributed by atoms with Crippen molar-refractivity contribution in [2.24, 2.45) is 4.99 Å². The Morgan fingerprint density at radius 2 is 2.19 bits per heavy atom. The molecule has 0 bridgehead atoms. The van der Waals surface area contributed by atoms with Crippen LogP contribution in [0.3, 0.4) is 0 Å². The number of rotatable bonds is 2. The van der Waals surface area contributed by atoms with Crippen molar-refractivity contribution in [1.82, 2.24) is 5.32 Å². The smallest absolute Gasteiger partial charge is 0.107 e. The molecule has 0 saturated heterocycles. The zero-order chi connectivity index (χ0) is 11.0. The molecule has 1 aromatic carbocycles. The highest BCUT2D eigenvalue weighted by Gasteiger charge is 2.44. The van der Waals surface area contributed by atoms with Crippen molar-refractivity contribution < 1.29 is 0 Å². The highest BCUT2D eigenvalue weighted by molar-refractivity contribution is 6.30. The first-order chi connectivity index (χ1) is 7.81. The third kappa shape index (κ3) is 1.44. The molecule has 0 spiro atoms. The van der Waals surface area contributed by atoms with Crippen LogP contribution in [0.15, 0.2) is 29.3 Å². The van der Waals surface area contributed by atoms with Gasteiger partial charge in [-0.2, -0.15) is 0 Å². The minimum absolute atomic E-state index is 0.140. The van der Waals surface area contributed by atoms with Crippen molar-refractivity contribution in [3.05, 3.63) is 34.9 Å². The van der Waals surface area contributed by atoms with E-state index in [4.69, 9.17) is 11.6 Å². The summed E-state index contributed by atoms with van der Waals surface area (Å²) in [5.41, 5.74) is 1.46. The normalized spacial score (nSPS) is 22.2. The van der Waals surface area contributed by atoms with E-state index in [-0.39, 0.29) is 5.41 Å². The number of aliphatic imine (C=N–C) groups is 1. The van der Waals surface area contributed by atoms with E-state index in [1.165, 1.54) is 30.7 Å². The molecule has 1 heterocycles. The zero-order valence-electron chi connectivity index (χ0n) is 9.17. The van der Waals surface area contributed by atoms with E-state index < -0.39 is 0 Å². The van der Waals surface area contributed by atoms with Crippen LogP contribution < -0.4 is 5.32 Å². The van der Waals surface area contributed by atoms with Crippen molar-refractivity contribution >= 4 is 17.4 Å². The third-order valence-electron chi connectivity index (χ3n) is 3.71. The highest BCUT2D eigenvalue weighted by Crippen LogP contribution is 2.45. The summed E-state index contributed by atoms with van der Waals surface area (Å²) in [5, 5.41) is 4.25. The fourth-order valence-corrected chi connectivity index (χ4v) is 2.89. The summed E-state index contributed by atoms with van der Waals surface area (Å²) in [6.07, 6.45) is 3.67. The summed E-state index contributed by atoms with van der Waals surface area (Å²) in [6, 6.07) is 8.23. The second-order valence-electron chi connectivity index (χ2n) is 4.60. The van der Waals surface area contributed by atoms with Gasteiger partial charge in [-0.05, 0) is 30.5 Å². The molecule has 3 heteroatoms. The maximum atomic E-state index is 6.08. The average molecular weight is 235 g/mol. The molecule has 3 rings (SSSR count). The van der Waals surface area contributed by atoms with Crippen LogP contribution in [0.1, 0.15) is 24.8 Å². The van der Waals surface area contributed by atoms with Crippen LogP contribution in [0.25, 0.3) is 0 Å². The molecule has 0 radical (unpaired) electrons. The van der Waals surface area contributed by atoms with Gasteiger partial charge in [-0.15, -0.1) is 0 Å². The van der Waals surface area contributed by atoms with E-state index in [0.717, 1.165) is 18.1 Å². The summed E-state index contributed by atoms with van der Waals surface area (Å²) < 4.78 is 0. The van der Waals surface area contributed by atoms with Crippen molar-refractivity contribution in [3.63, 3.8) is 0 Å². The Labute approximate surface area is 101 Å². The predicted molar refractivity (Wildman–Crippen MR) is 67.3 cm³/mol. The van der Waals surface area contributed by atoms with Crippen LogP contribution in [-0.4, -0.2) is 18.9 Å². The molecule has 0 unspecified atom stereocenters. The summed E-state index contributed by atoms with van der Waals surface area (Å²) in [6.45, 7) is 1.90. The Morgan fingerprint density at radius 1 is 1.31 bits per heavy atom. The monoisotopic (exact) mass is 234 g/mol. The fraction of sp³-hybridized carbons (Fsp3) is 0.462. The van der Waals surface area contributed by atoms with E-state index in [9.17, 15) is 0 Å². The Hall–Kier alpha value is -1.02. The van der Waals surface area contributed by atoms with E-state index in [0.29, 0.717) is 0 Å². The summed E-state index contributed by atoms with van der Waals surface area (Å²) in [7, 11) is 0. The third-order valence-corrected chi connectivity index (χ3v) is 3.95. The number of nitrogens with one attached hydrogen (secondary N) is 1. The quantitative estimate of drug-likeness (QED) is 0.836. The number of halogens is 1. The van der Waals surface area contributed by atoms with E-state index >= 15 is 0 Å². The molecular formula is C13H15ClN2. The zero-order valence-corrected chi connectivity index (χ0v) is 9.93. The highest BCUT2D eigenvalue weighted by atomic mass is 35.5. The Bertz CT molecular complexity index is 435. The molecule has 1 aliphatic carbocycles. The van der Waals surface area contributed by atoms with Gasteiger partial charge in [-0.25, -0.2) is 0 Å². The minimum atomic E-state index is 0.140. The molecule has 2 nitrogen and oxygen atoms in total. The fourth-order valence-electron chi connectivity index (χ4n) is 2.70. The first kappa shape index (κ1) is 10.2. The first-order valence-electron chi connectivity index (χ1n) is 5.86. The van der Waals surface area contributed by atoms with Crippen molar-refractivity contribution in [3.8, 4) is 0 Å². The van der Waals surface area contributed by atoms with Gasteiger partial charge >= 0.3 is 0 Å². The number of hydrogen-bond donors (Lipinski definition) is 1. The number of hydrogen-bond acceptors (Lipinski definition) is 2. The molecule has 16 heavy (non-hydrogen) atoms. The molecule has 1 aromatic rings. The number of amidine groups is 1. The lowest BCUT2D eigenvalue weighted by Crippen LogP contribution is -2.47. The lowest BCUT2D eigenvalue weighted by Gasteiger charge is -2.42. The molecule has 1 saturated carbocycles. The lowest BCUT2D eigenvalue weighted by molar-refractivity contribution is 0.335. The second-order valence-corrected chi connectivity index (χ2v) is 5.04. The minimum Gasteiger partial charge on any atom is -0.371 e. The average Bonchev–Trinajstić information content (AvgIpc) is 2.70. The Morgan fingerprint density at radius 3 is 2.75 bits per heavy atom. The molecule has 1 fully saturated rings. The van der Waals surface area contributed by atoms with Crippen LogP contribution in [0, 0.1) is 0 Å². The van der Waals surface area contributed by atoms with E-state index in [1.54, 1.807) is 0 Å². The molecule has 1 aliphatic heterocycles. The van der Waals surface area contributed by atoms with E-state index in [2.05, 4.69) is 22.4 Å². The summed E-state index contributed by atoms with van der Waals surface area (Å²) >= 11 is 6.08.